The molecular weight excluding hydrogens is 440 g/mol. The van der Waals surface area contributed by atoms with E-state index in [0.717, 1.165) is 37.5 Å². The molecular formula is C24H27N4O4S-. The normalized spacial score (nSPS) is 34.1. The van der Waals surface area contributed by atoms with E-state index in [9.17, 15) is 18.4 Å². The molecule has 1 aromatic heterocycles. The first-order valence-corrected chi connectivity index (χ1v) is 12.7. The summed E-state index contributed by atoms with van der Waals surface area (Å²) in [5.41, 5.74) is 5.22. The molecule has 7 rings (SSSR count). The number of nitrogens with one attached hydrogen (secondary N) is 1. The van der Waals surface area contributed by atoms with Crippen LogP contribution in [0.5, 0.6) is 0 Å². The maximum Gasteiger partial charge on any atom is 0.247 e. The number of hydrogen-bond donors (Lipinski definition) is 2. The van der Waals surface area contributed by atoms with Gasteiger partial charge in [-0.05, 0) is 74.8 Å². The number of rotatable bonds is 6. The second-order valence-corrected chi connectivity index (χ2v) is 11.3. The Labute approximate surface area is 194 Å². The highest BCUT2D eigenvalue weighted by molar-refractivity contribution is 7.80. The van der Waals surface area contributed by atoms with Gasteiger partial charge in [-0.15, -0.1) is 0 Å². The fourth-order valence-electron chi connectivity index (χ4n) is 7.19. The summed E-state index contributed by atoms with van der Waals surface area (Å²) in [6, 6.07) is 9.01. The average molecular weight is 468 g/mol. The van der Waals surface area contributed by atoms with Gasteiger partial charge in [0.25, 0.3) is 0 Å². The lowest BCUT2D eigenvalue weighted by atomic mass is 9.47. The van der Waals surface area contributed by atoms with E-state index in [1.54, 1.807) is 24.4 Å². The van der Waals surface area contributed by atoms with Crippen molar-refractivity contribution in [3.05, 3.63) is 36.5 Å². The molecule has 1 aromatic carbocycles. The van der Waals surface area contributed by atoms with E-state index >= 15 is 0 Å². The van der Waals surface area contributed by atoms with E-state index < -0.39 is 22.2 Å². The highest BCUT2D eigenvalue weighted by Gasteiger charge is 2.61. The van der Waals surface area contributed by atoms with Gasteiger partial charge in [0.15, 0.2) is 0 Å². The third kappa shape index (κ3) is 3.12. The Morgan fingerprint density at radius 2 is 1.82 bits per heavy atom. The number of nitrogens with two attached hydrogens (primary N) is 1. The number of amides is 2. The van der Waals surface area contributed by atoms with Gasteiger partial charge in [-0.2, -0.15) is 0 Å². The number of primary amides is 1. The molecule has 0 saturated heterocycles. The van der Waals surface area contributed by atoms with Gasteiger partial charge in [0.1, 0.15) is 5.54 Å². The lowest BCUT2D eigenvalue weighted by molar-refractivity contribution is -0.147. The van der Waals surface area contributed by atoms with Gasteiger partial charge >= 0.3 is 0 Å². The van der Waals surface area contributed by atoms with Crippen LogP contribution in [0.1, 0.15) is 44.9 Å². The Balaban J connectivity index is 1.29. The minimum absolute atomic E-state index is 0.0356. The van der Waals surface area contributed by atoms with E-state index in [4.69, 9.17) is 5.73 Å². The smallest absolute Gasteiger partial charge is 0.247 e. The second-order valence-electron chi connectivity index (χ2n) is 10.5. The number of aromatic nitrogens is 1. The lowest BCUT2D eigenvalue weighted by Crippen LogP contribution is -2.64. The summed E-state index contributed by atoms with van der Waals surface area (Å²) in [5.74, 6) is 0.472. The van der Waals surface area contributed by atoms with E-state index in [-0.39, 0.29) is 29.7 Å². The summed E-state index contributed by atoms with van der Waals surface area (Å²) in [7, 11) is 0. The molecule has 5 fully saturated rings. The molecule has 5 aliphatic rings. The highest BCUT2D eigenvalue weighted by atomic mass is 32.2. The van der Waals surface area contributed by atoms with Crippen molar-refractivity contribution >= 4 is 39.7 Å². The fraction of sp³-hybridized carbons (Fsp3) is 0.542. The number of carbonyl (C=O) groups is 2. The molecule has 174 valence electrons. The van der Waals surface area contributed by atoms with E-state index in [2.05, 4.69) is 10.3 Å². The molecule has 5 saturated carbocycles. The minimum Gasteiger partial charge on any atom is -0.755 e. The summed E-state index contributed by atoms with van der Waals surface area (Å²) in [6.07, 6.45) is 6.85. The molecule has 3 N–H and O–H groups in total. The maximum atomic E-state index is 13.7. The largest absolute Gasteiger partial charge is 0.755 e. The quantitative estimate of drug-likeness (QED) is 0.629. The number of pyridine rings is 1. The van der Waals surface area contributed by atoms with Crippen molar-refractivity contribution in [3.8, 4) is 0 Å². The van der Waals surface area contributed by atoms with Crippen LogP contribution in [0.3, 0.4) is 0 Å². The predicted octanol–water partition coefficient (Wildman–Crippen LogP) is 2.16. The van der Waals surface area contributed by atoms with E-state index in [0.29, 0.717) is 30.0 Å². The standard InChI is InChI=1S/C24H28N4O4S/c25-21(29)23-11-14-9-16(12-23)19(17(10-14)13-23)27-22(30)24(6-7-24)28(33(31)32)18-5-1-3-15-4-2-8-26-20(15)18/h1-5,8,14,16-17,19H,6-7,9-13H2,(H2,25,29)(H,27,30)(H,31,32)/p-1. The van der Waals surface area contributed by atoms with Crippen LogP contribution in [0, 0.1) is 23.2 Å². The first-order chi connectivity index (χ1) is 15.8. The molecule has 3 atom stereocenters. The van der Waals surface area contributed by atoms with Gasteiger partial charge in [0.2, 0.25) is 11.8 Å². The lowest BCUT2D eigenvalue weighted by Gasteiger charge is -2.59. The average Bonchev–Trinajstić information content (AvgIpc) is 3.57. The van der Waals surface area contributed by atoms with Crippen LogP contribution in [-0.2, 0) is 20.9 Å². The summed E-state index contributed by atoms with van der Waals surface area (Å²) >= 11 is -2.64. The van der Waals surface area contributed by atoms with Gasteiger partial charge in [-0.1, -0.05) is 18.2 Å². The number of fused-ring (bicyclic) bond motifs is 1. The number of nitrogens with zero attached hydrogens (tertiary/aromatic N) is 2. The fourth-order valence-corrected chi connectivity index (χ4v) is 8.05. The number of anilines is 1. The van der Waals surface area contributed by atoms with Crippen LogP contribution < -0.4 is 15.4 Å². The predicted molar refractivity (Wildman–Crippen MR) is 122 cm³/mol. The molecule has 2 amide bonds. The van der Waals surface area contributed by atoms with Crippen LogP contribution in [0.15, 0.2) is 36.5 Å². The Morgan fingerprint density at radius 3 is 2.45 bits per heavy atom. The summed E-state index contributed by atoms with van der Waals surface area (Å²) < 4.78 is 26.1. The summed E-state index contributed by atoms with van der Waals surface area (Å²) in [5, 5.41) is 4.07. The molecule has 4 bridgehead atoms. The van der Waals surface area contributed by atoms with Gasteiger partial charge in [-0.3, -0.25) is 23.1 Å². The number of carbonyl (C=O) groups excluding carboxylic acids is 2. The Hall–Kier alpha value is -2.52. The zero-order valence-corrected chi connectivity index (χ0v) is 19.1. The molecule has 8 nitrogen and oxygen atoms in total. The SMILES string of the molecule is NC(=O)C12CC3CC(C1)C(NC(=O)C1(N(c4cccc5cccnc45)S(=O)[O-])CC1)C(C3)C2. The van der Waals surface area contributed by atoms with Gasteiger partial charge < -0.3 is 15.6 Å². The first kappa shape index (κ1) is 21.0. The molecule has 3 unspecified atom stereocenters. The number of benzene rings is 1. The second kappa shape index (κ2) is 7.24. The summed E-state index contributed by atoms with van der Waals surface area (Å²) in [4.78, 5) is 30.3. The van der Waals surface area contributed by atoms with Crippen molar-refractivity contribution in [1.82, 2.24) is 10.3 Å². The molecule has 0 aliphatic heterocycles. The van der Waals surface area contributed by atoms with Crippen molar-refractivity contribution in [3.63, 3.8) is 0 Å². The Morgan fingerprint density at radius 1 is 1.12 bits per heavy atom. The molecule has 9 heteroatoms. The van der Waals surface area contributed by atoms with Crippen LogP contribution in [0.4, 0.5) is 5.69 Å². The van der Waals surface area contributed by atoms with E-state index in [1.165, 1.54) is 4.31 Å². The van der Waals surface area contributed by atoms with Crippen molar-refractivity contribution in [2.45, 2.75) is 56.5 Å². The first-order valence-electron chi connectivity index (χ1n) is 11.7. The third-order valence-corrected chi connectivity index (χ3v) is 9.45. The van der Waals surface area contributed by atoms with E-state index in [1.807, 2.05) is 12.1 Å². The number of hydrogen-bond acceptors (Lipinski definition) is 5. The maximum absolute atomic E-state index is 13.7. The van der Waals surface area contributed by atoms with Gasteiger partial charge in [0, 0.05) is 34.3 Å². The van der Waals surface area contributed by atoms with Gasteiger partial charge in [-0.25, -0.2) is 0 Å². The molecule has 0 radical (unpaired) electrons. The minimum atomic E-state index is -2.64. The Kier molecular flexibility index (Phi) is 4.61. The van der Waals surface area contributed by atoms with Crippen molar-refractivity contribution in [1.29, 1.82) is 0 Å². The molecule has 2 aromatic rings. The molecule has 0 spiro atoms. The highest BCUT2D eigenvalue weighted by Crippen LogP contribution is 2.60. The van der Waals surface area contributed by atoms with Crippen LogP contribution in [-0.4, -0.2) is 37.1 Å². The summed E-state index contributed by atoms with van der Waals surface area (Å²) in [6.45, 7) is 0. The topological polar surface area (TPSA) is 128 Å². The molecule has 5 aliphatic carbocycles. The molecule has 1 heterocycles. The van der Waals surface area contributed by atoms with Crippen LogP contribution in [0.2, 0.25) is 0 Å². The van der Waals surface area contributed by atoms with Crippen molar-refractivity contribution in [2.24, 2.45) is 28.9 Å². The zero-order chi connectivity index (χ0) is 23.0. The van der Waals surface area contributed by atoms with Crippen LogP contribution in [0.25, 0.3) is 10.9 Å². The molecule has 33 heavy (non-hydrogen) atoms. The van der Waals surface area contributed by atoms with Crippen LogP contribution >= 0.6 is 0 Å². The van der Waals surface area contributed by atoms with Crippen molar-refractivity contribution in [2.75, 3.05) is 4.31 Å². The third-order valence-electron chi connectivity index (χ3n) is 8.61. The zero-order valence-electron chi connectivity index (χ0n) is 18.2. The van der Waals surface area contributed by atoms with Crippen molar-refractivity contribution < 1.29 is 18.4 Å². The Bertz CT molecular complexity index is 1160. The van der Waals surface area contributed by atoms with Gasteiger partial charge in [0.05, 0.1) is 11.2 Å². The monoisotopic (exact) mass is 467 g/mol. The number of para-hydroxylation sites is 1.